The second-order valence-electron chi connectivity index (χ2n) is 3.88. The molecule has 2 N–H and O–H groups in total. The Morgan fingerprint density at radius 2 is 1.95 bits per heavy atom. The van der Waals surface area contributed by atoms with Crippen LogP contribution in [0.25, 0.3) is 0 Å². The molecule has 0 aromatic carbocycles. The van der Waals surface area contributed by atoms with Crippen LogP contribution in [0.15, 0.2) is 30.6 Å². The number of hydrogen-bond acceptors (Lipinski definition) is 4. The summed E-state index contributed by atoms with van der Waals surface area (Å²) in [6.45, 7) is 1.94. The normalized spacial score (nSPS) is 10.5. The van der Waals surface area contributed by atoms with Crippen LogP contribution < -0.4 is 5.73 Å². The van der Waals surface area contributed by atoms with Gasteiger partial charge in [-0.1, -0.05) is 0 Å². The average molecular weight is 409 g/mol. The van der Waals surface area contributed by atoms with Crippen molar-refractivity contribution in [2.24, 2.45) is 0 Å². The van der Waals surface area contributed by atoms with E-state index in [1.165, 1.54) is 0 Å². The van der Waals surface area contributed by atoms with Gasteiger partial charge in [0.2, 0.25) is 0 Å². The Hall–Kier alpha value is -1.71. The maximum atomic E-state index is 12.0. The fraction of sp³-hybridized carbons (Fsp3) is 0.154. The number of anilines is 1. The van der Waals surface area contributed by atoms with Crippen molar-refractivity contribution in [1.29, 1.82) is 0 Å². The molecule has 0 saturated carbocycles. The first kappa shape index (κ1) is 17.3. The minimum absolute atomic E-state index is 0.135. The van der Waals surface area contributed by atoms with Crippen LogP contribution in [-0.4, -0.2) is 16.3 Å². The van der Waals surface area contributed by atoms with Crippen LogP contribution in [0.5, 0.6) is 0 Å². The topological polar surface area (TPSA) is 68.9 Å². The lowest BCUT2D eigenvalue weighted by Crippen LogP contribution is -2.08. The number of carbonyl (C=O) groups excluding carboxylic acids is 1. The minimum atomic E-state index is -4.49. The number of halogens is 4. The van der Waals surface area contributed by atoms with Crippen molar-refractivity contribution in [3.05, 3.63) is 51.0 Å². The molecule has 0 radical (unpaired) electrons. The molecular formula is C13H11F3IN3O. The number of aromatic nitrogens is 2. The van der Waals surface area contributed by atoms with Crippen LogP contribution in [0.4, 0.5) is 19.0 Å². The molecule has 0 aliphatic rings. The molecule has 21 heavy (non-hydrogen) atoms. The summed E-state index contributed by atoms with van der Waals surface area (Å²) in [5.74, 6) is 0.591. The Morgan fingerprint density at radius 1 is 1.29 bits per heavy atom. The number of aldehydes is 1. The molecule has 0 spiro atoms. The van der Waals surface area contributed by atoms with Crippen LogP contribution in [0, 0.1) is 10.5 Å². The molecule has 0 aliphatic heterocycles. The quantitative estimate of drug-likeness (QED) is 0.579. The second kappa shape index (κ2) is 7.34. The Bertz CT molecular complexity index is 632. The van der Waals surface area contributed by atoms with E-state index in [9.17, 15) is 18.0 Å². The Morgan fingerprint density at radius 3 is 2.38 bits per heavy atom. The van der Waals surface area contributed by atoms with Gasteiger partial charge in [-0.15, -0.1) is 0 Å². The number of nitrogens with zero attached hydrogens (tertiary/aromatic N) is 2. The van der Waals surface area contributed by atoms with Gasteiger partial charge in [0.05, 0.1) is 11.3 Å². The van der Waals surface area contributed by atoms with Crippen molar-refractivity contribution < 1.29 is 18.0 Å². The van der Waals surface area contributed by atoms with Crippen molar-refractivity contribution >= 4 is 34.7 Å². The van der Waals surface area contributed by atoms with E-state index >= 15 is 0 Å². The molecule has 2 aromatic heterocycles. The van der Waals surface area contributed by atoms with Crippen molar-refractivity contribution in [1.82, 2.24) is 9.97 Å². The maximum Gasteiger partial charge on any atom is 0.417 e. The summed E-state index contributed by atoms with van der Waals surface area (Å²) in [5.41, 5.74) is 5.02. The number of nitrogens with two attached hydrogens (primary N) is 1. The van der Waals surface area contributed by atoms with E-state index in [4.69, 9.17) is 5.73 Å². The minimum Gasteiger partial charge on any atom is -0.384 e. The molecule has 0 bridgehead atoms. The Balaban J connectivity index is 0.000000219. The number of alkyl halides is 3. The molecule has 0 atom stereocenters. The van der Waals surface area contributed by atoms with Gasteiger partial charge in [-0.25, -0.2) is 4.98 Å². The van der Waals surface area contributed by atoms with E-state index in [1.807, 2.05) is 13.0 Å². The zero-order chi connectivity index (χ0) is 16.0. The summed E-state index contributed by atoms with van der Waals surface area (Å²) < 4.78 is 37.3. The van der Waals surface area contributed by atoms with Crippen molar-refractivity contribution in [3.63, 3.8) is 0 Å². The van der Waals surface area contributed by atoms with Crippen LogP contribution in [0.3, 0.4) is 0 Å². The standard InChI is InChI=1S/C7H4F3NO.C6H7IN2/c8-7(9,10)6-1-2-11-3-5(6)4-12;1-4-5(7)2-3-6(8)9-4/h1-4H;2-3H,1H3,(H2,8,9). The molecule has 8 heteroatoms. The van der Waals surface area contributed by atoms with Gasteiger partial charge in [0.15, 0.2) is 6.29 Å². The lowest BCUT2D eigenvalue weighted by molar-refractivity contribution is -0.137. The molecule has 112 valence electrons. The molecule has 0 saturated heterocycles. The predicted octanol–water partition coefficient (Wildman–Crippen LogP) is 3.49. The predicted molar refractivity (Wildman–Crippen MR) is 80.7 cm³/mol. The monoisotopic (exact) mass is 409 g/mol. The second-order valence-corrected chi connectivity index (χ2v) is 5.04. The first-order valence-corrected chi connectivity index (χ1v) is 6.68. The maximum absolute atomic E-state index is 12.0. The van der Waals surface area contributed by atoms with Gasteiger partial charge < -0.3 is 5.73 Å². The first-order valence-electron chi connectivity index (χ1n) is 5.60. The molecule has 2 aromatic rings. The van der Waals surface area contributed by atoms with Crippen molar-refractivity contribution in [3.8, 4) is 0 Å². The van der Waals surface area contributed by atoms with Gasteiger partial charge in [0, 0.05) is 21.5 Å². The fourth-order valence-corrected chi connectivity index (χ4v) is 1.62. The molecule has 0 unspecified atom stereocenters. The van der Waals surface area contributed by atoms with Gasteiger partial charge >= 0.3 is 6.18 Å². The Labute approximate surface area is 132 Å². The van der Waals surface area contributed by atoms with E-state index in [2.05, 4.69) is 32.6 Å². The largest absolute Gasteiger partial charge is 0.417 e. The molecule has 2 rings (SSSR count). The number of aryl methyl sites for hydroxylation is 1. The zero-order valence-corrected chi connectivity index (χ0v) is 13.0. The fourth-order valence-electron chi connectivity index (χ4n) is 1.32. The number of pyridine rings is 2. The Kier molecular flexibility index (Phi) is 6.06. The number of nitrogen functional groups attached to an aromatic ring is 1. The third-order valence-corrected chi connectivity index (χ3v) is 3.47. The molecule has 0 amide bonds. The highest BCUT2D eigenvalue weighted by atomic mass is 127. The zero-order valence-electron chi connectivity index (χ0n) is 10.9. The van der Waals surface area contributed by atoms with E-state index in [0.717, 1.165) is 27.7 Å². The van der Waals surface area contributed by atoms with Crippen molar-refractivity contribution in [2.75, 3.05) is 5.73 Å². The van der Waals surface area contributed by atoms with Crippen LogP contribution >= 0.6 is 22.6 Å². The summed E-state index contributed by atoms with van der Waals surface area (Å²) in [5, 5.41) is 0. The number of hydrogen-bond donors (Lipinski definition) is 1. The highest BCUT2D eigenvalue weighted by molar-refractivity contribution is 14.1. The molecular weight excluding hydrogens is 398 g/mol. The number of rotatable bonds is 1. The van der Waals surface area contributed by atoms with Gasteiger partial charge in [0.25, 0.3) is 0 Å². The van der Waals surface area contributed by atoms with Gasteiger partial charge in [-0.05, 0) is 47.7 Å². The highest BCUT2D eigenvalue weighted by Crippen LogP contribution is 2.30. The average Bonchev–Trinajstić information content (AvgIpc) is 2.43. The van der Waals surface area contributed by atoms with Crippen LogP contribution in [0.1, 0.15) is 21.6 Å². The van der Waals surface area contributed by atoms with E-state index in [0.29, 0.717) is 5.82 Å². The first-order chi connectivity index (χ1) is 9.75. The SMILES string of the molecule is Cc1nc(N)ccc1I.O=Cc1cnccc1C(F)(F)F. The van der Waals surface area contributed by atoms with Gasteiger partial charge in [-0.3, -0.25) is 9.78 Å². The van der Waals surface area contributed by atoms with Crippen molar-refractivity contribution in [2.45, 2.75) is 13.1 Å². The summed E-state index contributed by atoms with van der Waals surface area (Å²) >= 11 is 2.22. The third-order valence-electron chi connectivity index (χ3n) is 2.33. The van der Waals surface area contributed by atoms with Gasteiger partial charge in [-0.2, -0.15) is 13.2 Å². The molecule has 4 nitrogen and oxygen atoms in total. The lowest BCUT2D eigenvalue weighted by atomic mass is 10.1. The summed E-state index contributed by atoms with van der Waals surface area (Å²) in [7, 11) is 0. The lowest BCUT2D eigenvalue weighted by Gasteiger charge is -2.07. The summed E-state index contributed by atoms with van der Waals surface area (Å²) in [4.78, 5) is 17.6. The molecule has 2 heterocycles. The van der Waals surface area contributed by atoms with E-state index in [1.54, 1.807) is 6.07 Å². The van der Waals surface area contributed by atoms with E-state index < -0.39 is 17.3 Å². The van der Waals surface area contributed by atoms with E-state index in [-0.39, 0.29) is 6.29 Å². The van der Waals surface area contributed by atoms with Crippen LogP contribution in [0.2, 0.25) is 0 Å². The summed E-state index contributed by atoms with van der Waals surface area (Å²) in [6, 6.07) is 4.52. The third kappa shape index (κ3) is 5.29. The number of carbonyl (C=O) groups is 1. The smallest absolute Gasteiger partial charge is 0.384 e. The molecule has 0 fully saturated rings. The summed E-state index contributed by atoms with van der Waals surface area (Å²) in [6.07, 6.45) is -2.47. The van der Waals surface area contributed by atoms with Crippen LogP contribution in [-0.2, 0) is 6.18 Å². The molecule has 0 aliphatic carbocycles. The van der Waals surface area contributed by atoms with Gasteiger partial charge in [0.1, 0.15) is 5.82 Å². The highest BCUT2D eigenvalue weighted by Gasteiger charge is 2.32.